The van der Waals surface area contributed by atoms with Crippen molar-refractivity contribution in [1.29, 1.82) is 0 Å². The Morgan fingerprint density at radius 1 is 1.33 bits per heavy atom. The lowest BCUT2D eigenvalue weighted by atomic mass is 9.70. The molecule has 0 heterocycles. The molecule has 2 rings (SSSR count). The van der Waals surface area contributed by atoms with Gasteiger partial charge in [-0.1, -0.05) is 13.3 Å². The third-order valence-electron chi connectivity index (χ3n) is 3.51. The van der Waals surface area contributed by atoms with Gasteiger partial charge in [-0.05, 0) is 18.9 Å². The Hall–Kier alpha value is -1.52. The number of hydrogen-bond acceptors (Lipinski definition) is 1. The van der Waals surface area contributed by atoms with Gasteiger partial charge >= 0.3 is 0 Å². The van der Waals surface area contributed by atoms with Gasteiger partial charge in [0.15, 0.2) is 11.6 Å². The zero-order valence-corrected chi connectivity index (χ0v) is 10.0. The smallest absolute Gasteiger partial charge is 0.226 e. The van der Waals surface area contributed by atoms with Crippen molar-refractivity contribution >= 4 is 5.91 Å². The van der Waals surface area contributed by atoms with Crippen LogP contribution in [0.4, 0.5) is 13.2 Å². The molecule has 0 aromatic heterocycles. The van der Waals surface area contributed by atoms with Crippen LogP contribution in [0.1, 0.15) is 31.7 Å². The Kier molecular flexibility index (Phi) is 3.32. The fourth-order valence-corrected chi connectivity index (χ4v) is 2.06. The molecular formula is C13H14F3NO. The highest BCUT2D eigenvalue weighted by molar-refractivity contribution is 5.83. The zero-order chi connectivity index (χ0) is 13.3. The molecule has 1 fully saturated rings. The largest absolute Gasteiger partial charge is 0.351 e. The van der Waals surface area contributed by atoms with Crippen molar-refractivity contribution in [3.8, 4) is 0 Å². The molecule has 1 saturated carbocycles. The quantitative estimate of drug-likeness (QED) is 0.829. The van der Waals surface area contributed by atoms with Crippen molar-refractivity contribution < 1.29 is 18.0 Å². The van der Waals surface area contributed by atoms with Crippen LogP contribution in [0.3, 0.4) is 0 Å². The Balaban J connectivity index is 2.04. The number of halogens is 3. The first-order valence-corrected chi connectivity index (χ1v) is 5.84. The number of amides is 1. The lowest BCUT2D eigenvalue weighted by Gasteiger charge is -2.36. The first-order valence-electron chi connectivity index (χ1n) is 5.84. The Labute approximate surface area is 103 Å². The monoisotopic (exact) mass is 257 g/mol. The Morgan fingerprint density at radius 3 is 2.56 bits per heavy atom. The molecule has 0 bridgehead atoms. The minimum atomic E-state index is -1.24. The average molecular weight is 257 g/mol. The Bertz CT molecular complexity index is 483. The van der Waals surface area contributed by atoms with E-state index >= 15 is 0 Å². The van der Waals surface area contributed by atoms with Gasteiger partial charge in [0.25, 0.3) is 0 Å². The van der Waals surface area contributed by atoms with Gasteiger partial charge in [-0.2, -0.15) is 0 Å². The van der Waals surface area contributed by atoms with Crippen LogP contribution in [0.2, 0.25) is 0 Å². The van der Waals surface area contributed by atoms with Crippen LogP contribution in [0.25, 0.3) is 0 Å². The van der Waals surface area contributed by atoms with Gasteiger partial charge in [-0.25, -0.2) is 13.2 Å². The number of benzene rings is 1. The molecule has 18 heavy (non-hydrogen) atoms. The molecular weight excluding hydrogens is 243 g/mol. The summed E-state index contributed by atoms with van der Waals surface area (Å²) in [6.45, 7) is 1.63. The van der Waals surface area contributed by atoms with Crippen LogP contribution in [0.15, 0.2) is 12.1 Å². The minimum absolute atomic E-state index is 0.177. The predicted octanol–water partition coefficient (Wildman–Crippen LogP) is 2.91. The van der Waals surface area contributed by atoms with Gasteiger partial charge in [0, 0.05) is 23.6 Å². The van der Waals surface area contributed by atoms with E-state index in [1.807, 2.05) is 6.92 Å². The molecule has 0 radical (unpaired) electrons. The molecule has 5 heteroatoms. The number of carbonyl (C=O) groups is 1. The highest BCUT2D eigenvalue weighted by atomic mass is 19.2. The van der Waals surface area contributed by atoms with E-state index in [0.717, 1.165) is 25.3 Å². The second kappa shape index (κ2) is 4.63. The molecule has 1 aliphatic carbocycles. The van der Waals surface area contributed by atoms with Crippen LogP contribution < -0.4 is 5.32 Å². The van der Waals surface area contributed by atoms with Gasteiger partial charge in [0.2, 0.25) is 5.91 Å². The lowest BCUT2D eigenvalue weighted by Crippen LogP contribution is -2.43. The van der Waals surface area contributed by atoms with E-state index in [1.165, 1.54) is 0 Å². The summed E-state index contributed by atoms with van der Waals surface area (Å²) >= 11 is 0. The highest BCUT2D eigenvalue weighted by Crippen LogP contribution is 2.40. The van der Waals surface area contributed by atoms with E-state index in [2.05, 4.69) is 5.32 Å². The van der Waals surface area contributed by atoms with Crippen LogP contribution >= 0.6 is 0 Å². The maximum atomic E-state index is 13.3. The molecule has 0 atom stereocenters. The van der Waals surface area contributed by atoms with E-state index in [9.17, 15) is 18.0 Å². The number of nitrogens with one attached hydrogen (secondary N) is 1. The third-order valence-corrected chi connectivity index (χ3v) is 3.51. The maximum absolute atomic E-state index is 13.3. The summed E-state index contributed by atoms with van der Waals surface area (Å²) in [5.74, 6) is -3.41. The fourth-order valence-electron chi connectivity index (χ4n) is 2.06. The summed E-state index contributed by atoms with van der Waals surface area (Å²) in [5, 5.41) is 2.52. The second-order valence-corrected chi connectivity index (χ2v) is 4.96. The molecule has 0 unspecified atom stereocenters. The first kappa shape index (κ1) is 12.9. The van der Waals surface area contributed by atoms with E-state index in [-0.39, 0.29) is 18.0 Å². The predicted molar refractivity (Wildman–Crippen MR) is 60.1 cm³/mol. The maximum Gasteiger partial charge on any atom is 0.226 e. The summed E-state index contributed by atoms with van der Waals surface area (Å²) in [7, 11) is 0. The second-order valence-electron chi connectivity index (χ2n) is 4.96. The third kappa shape index (κ3) is 2.35. The van der Waals surface area contributed by atoms with Crippen molar-refractivity contribution in [2.45, 2.75) is 32.7 Å². The summed E-state index contributed by atoms with van der Waals surface area (Å²) < 4.78 is 39.2. The van der Waals surface area contributed by atoms with Crippen molar-refractivity contribution in [2.75, 3.05) is 0 Å². The van der Waals surface area contributed by atoms with Crippen LogP contribution in [-0.4, -0.2) is 5.91 Å². The molecule has 1 aliphatic rings. The molecule has 1 aromatic carbocycles. The van der Waals surface area contributed by atoms with Crippen molar-refractivity contribution in [2.24, 2.45) is 5.41 Å². The molecule has 2 nitrogen and oxygen atoms in total. The minimum Gasteiger partial charge on any atom is -0.351 e. The van der Waals surface area contributed by atoms with Crippen LogP contribution in [0, 0.1) is 22.9 Å². The van der Waals surface area contributed by atoms with Crippen molar-refractivity contribution in [1.82, 2.24) is 5.32 Å². The van der Waals surface area contributed by atoms with Crippen LogP contribution in [0.5, 0.6) is 0 Å². The average Bonchev–Trinajstić information content (AvgIpc) is 2.28. The number of hydrogen-bond donors (Lipinski definition) is 1. The molecule has 1 N–H and O–H groups in total. The summed E-state index contributed by atoms with van der Waals surface area (Å²) in [6.07, 6.45) is 2.57. The van der Waals surface area contributed by atoms with Crippen molar-refractivity contribution in [3.63, 3.8) is 0 Å². The number of carbonyl (C=O) groups excluding carboxylic acids is 1. The highest BCUT2D eigenvalue weighted by Gasteiger charge is 2.38. The lowest BCUT2D eigenvalue weighted by molar-refractivity contribution is -0.134. The molecule has 98 valence electrons. The van der Waals surface area contributed by atoms with Crippen molar-refractivity contribution in [3.05, 3.63) is 35.1 Å². The normalized spacial score (nSPS) is 17.1. The van der Waals surface area contributed by atoms with E-state index < -0.39 is 22.9 Å². The van der Waals surface area contributed by atoms with Gasteiger partial charge < -0.3 is 5.32 Å². The van der Waals surface area contributed by atoms with E-state index in [1.54, 1.807) is 0 Å². The zero-order valence-electron chi connectivity index (χ0n) is 10.0. The topological polar surface area (TPSA) is 29.1 Å². The number of rotatable bonds is 3. The first-order chi connectivity index (χ1) is 8.42. The Morgan fingerprint density at radius 2 is 2.00 bits per heavy atom. The van der Waals surface area contributed by atoms with Gasteiger partial charge in [0.1, 0.15) is 5.82 Å². The summed E-state index contributed by atoms with van der Waals surface area (Å²) in [5.41, 5.74) is -0.591. The molecule has 0 aliphatic heterocycles. The fraction of sp³-hybridized carbons (Fsp3) is 0.462. The van der Waals surface area contributed by atoms with Gasteiger partial charge in [-0.15, -0.1) is 0 Å². The standard InChI is InChI=1S/C13H14F3NO/c1-13(3-2-4-13)12(18)17-7-8-5-9(14)6-10(15)11(8)16/h5-6H,2-4,7H2,1H3,(H,17,18). The van der Waals surface area contributed by atoms with Gasteiger partial charge in [-0.3, -0.25) is 4.79 Å². The van der Waals surface area contributed by atoms with E-state index in [0.29, 0.717) is 6.07 Å². The SMILES string of the molecule is CC1(C(=O)NCc2cc(F)cc(F)c2F)CCC1. The molecule has 1 amide bonds. The van der Waals surface area contributed by atoms with Crippen LogP contribution in [-0.2, 0) is 11.3 Å². The van der Waals surface area contributed by atoms with Gasteiger partial charge in [0.05, 0.1) is 0 Å². The summed E-state index contributed by atoms with van der Waals surface area (Å²) in [6, 6.07) is 1.37. The molecule has 1 aromatic rings. The molecule has 0 saturated heterocycles. The summed E-state index contributed by atoms with van der Waals surface area (Å²) in [4.78, 5) is 11.8. The molecule has 0 spiro atoms. The van der Waals surface area contributed by atoms with E-state index in [4.69, 9.17) is 0 Å².